The SMILES string of the molecule is Clc1ccc(CN[C@@H]2CCCN(c3ncccn3)C2)cc1. The first-order valence-corrected chi connectivity index (χ1v) is 7.69. The zero-order valence-corrected chi connectivity index (χ0v) is 12.6. The minimum absolute atomic E-state index is 0.471. The third-order valence-electron chi connectivity index (χ3n) is 3.76. The molecule has 1 aliphatic rings. The van der Waals surface area contributed by atoms with Crippen LogP contribution in [-0.4, -0.2) is 29.1 Å². The molecule has 1 saturated heterocycles. The minimum Gasteiger partial charge on any atom is -0.339 e. The highest BCUT2D eigenvalue weighted by molar-refractivity contribution is 6.30. The molecule has 0 saturated carbocycles. The molecule has 0 bridgehead atoms. The van der Waals surface area contributed by atoms with Gasteiger partial charge in [0.2, 0.25) is 5.95 Å². The van der Waals surface area contributed by atoms with Crippen LogP contribution in [0.3, 0.4) is 0 Å². The molecule has 1 aliphatic heterocycles. The van der Waals surface area contributed by atoms with Gasteiger partial charge in [0.1, 0.15) is 0 Å². The maximum absolute atomic E-state index is 5.91. The van der Waals surface area contributed by atoms with E-state index in [2.05, 4.69) is 32.3 Å². The van der Waals surface area contributed by atoms with Crippen LogP contribution < -0.4 is 10.2 Å². The molecule has 0 radical (unpaired) electrons. The van der Waals surface area contributed by atoms with Gasteiger partial charge < -0.3 is 10.2 Å². The summed E-state index contributed by atoms with van der Waals surface area (Å²) < 4.78 is 0. The second kappa shape index (κ2) is 6.87. The summed E-state index contributed by atoms with van der Waals surface area (Å²) in [5, 5.41) is 4.40. The average Bonchev–Trinajstić information content (AvgIpc) is 2.55. The van der Waals surface area contributed by atoms with E-state index in [4.69, 9.17) is 11.6 Å². The Morgan fingerprint density at radius 3 is 2.71 bits per heavy atom. The molecule has 2 heterocycles. The largest absolute Gasteiger partial charge is 0.339 e. The molecule has 110 valence electrons. The molecular weight excluding hydrogens is 284 g/mol. The molecule has 0 spiro atoms. The molecule has 1 fully saturated rings. The topological polar surface area (TPSA) is 41.0 Å². The van der Waals surface area contributed by atoms with Crippen molar-refractivity contribution in [3.63, 3.8) is 0 Å². The molecule has 3 rings (SSSR count). The highest BCUT2D eigenvalue weighted by atomic mass is 35.5. The van der Waals surface area contributed by atoms with Crippen LogP contribution in [0.4, 0.5) is 5.95 Å². The van der Waals surface area contributed by atoms with Gasteiger partial charge in [0.05, 0.1) is 0 Å². The number of rotatable bonds is 4. The van der Waals surface area contributed by atoms with Crippen LogP contribution in [0.1, 0.15) is 18.4 Å². The Labute approximate surface area is 130 Å². The van der Waals surface area contributed by atoms with Crippen LogP contribution in [0.15, 0.2) is 42.7 Å². The molecule has 5 heteroatoms. The smallest absolute Gasteiger partial charge is 0.225 e. The summed E-state index contributed by atoms with van der Waals surface area (Å²) in [7, 11) is 0. The summed E-state index contributed by atoms with van der Waals surface area (Å²) in [6.07, 6.45) is 5.95. The third kappa shape index (κ3) is 3.93. The highest BCUT2D eigenvalue weighted by Gasteiger charge is 2.20. The summed E-state index contributed by atoms with van der Waals surface area (Å²) >= 11 is 5.91. The number of piperidine rings is 1. The van der Waals surface area contributed by atoms with E-state index >= 15 is 0 Å². The maximum Gasteiger partial charge on any atom is 0.225 e. The first kappa shape index (κ1) is 14.3. The number of aromatic nitrogens is 2. The van der Waals surface area contributed by atoms with Crippen molar-refractivity contribution in [2.45, 2.75) is 25.4 Å². The Kier molecular flexibility index (Phi) is 4.68. The van der Waals surface area contributed by atoms with Crippen LogP contribution >= 0.6 is 11.6 Å². The van der Waals surface area contributed by atoms with Gasteiger partial charge in [-0.2, -0.15) is 0 Å². The van der Waals surface area contributed by atoms with Crippen molar-refractivity contribution in [2.24, 2.45) is 0 Å². The lowest BCUT2D eigenvalue weighted by Gasteiger charge is -2.33. The maximum atomic E-state index is 5.91. The van der Waals surface area contributed by atoms with E-state index in [1.165, 1.54) is 12.0 Å². The van der Waals surface area contributed by atoms with Gasteiger partial charge in [-0.25, -0.2) is 9.97 Å². The van der Waals surface area contributed by atoms with Crippen LogP contribution in [-0.2, 0) is 6.54 Å². The fraction of sp³-hybridized carbons (Fsp3) is 0.375. The summed E-state index contributed by atoms with van der Waals surface area (Å²) in [5.74, 6) is 0.829. The zero-order valence-electron chi connectivity index (χ0n) is 11.9. The Morgan fingerprint density at radius 1 is 1.19 bits per heavy atom. The molecular formula is C16H19ClN4. The monoisotopic (exact) mass is 302 g/mol. The number of halogens is 1. The number of benzene rings is 1. The van der Waals surface area contributed by atoms with Crippen molar-refractivity contribution in [3.05, 3.63) is 53.3 Å². The standard InChI is InChI=1S/C16H19ClN4/c17-14-6-4-13(5-7-14)11-20-15-3-1-10-21(12-15)16-18-8-2-9-19-16/h2,4-9,15,20H,1,3,10-12H2/t15-/m1/s1. The van der Waals surface area contributed by atoms with Gasteiger partial charge >= 0.3 is 0 Å². The van der Waals surface area contributed by atoms with Gasteiger partial charge in [-0.1, -0.05) is 23.7 Å². The van der Waals surface area contributed by atoms with Gasteiger partial charge in [0, 0.05) is 43.1 Å². The van der Waals surface area contributed by atoms with Crippen molar-refractivity contribution >= 4 is 17.5 Å². The van der Waals surface area contributed by atoms with E-state index in [-0.39, 0.29) is 0 Å². The summed E-state index contributed by atoms with van der Waals surface area (Å²) in [6, 6.07) is 10.3. The predicted octanol–water partition coefficient (Wildman–Crippen LogP) is 2.89. The molecule has 4 nitrogen and oxygen atoms in total. The lowest BCUT2D eigenvalue weighted by Crippen LogP contribution is -2.46. The molecule has 1 atom stereocenters. The van der Waals surface area contributed by atoms with Crippen molar-refractivity contribution in [2.75, 3.05) is 18.0 Å². The first-order valence-electron chi connectivity index (χ1n) is 7.31. The van der Waals surface area contributed by atoms with Crippen molar-refractivity contribution in [1.82, 2.24) is 15.3 Å². The molecule has 0 amide bonds. The number of anilines is 1. The second-order valence-corrected chi connectivity index (χ2v) is 5.78. The van der Waals surface area contributed by atoms with E-state index in [0.717, 1.165) is 37.0 Å². The summed E-state index contributed by atoms with van der Waals surface area (Å²) in [6.45, 7) is 2.85. The molecule has 1 N–H and O–H groups in total. The zero-order chi connectivity index (χ0) is 14.5. The van der Waals surface area contributed by atoms with Gasteiger partial charge in [0.15, 0.2) is 0 Å². The molecule has 2 aromatic rings. The van der Waals surface area contributed by atoms with Crippen molar-refractivity contribution in [3.8, 4) is 0 Å². The first-order chi connectivity index (χ1) is 10.3. The predicted molar refractivity (Wildman–Crippen MR) is 85.6 cm³/mol. The number of hydrogen-bond donors (Lipinski definition) is 1. The van der Waals surface area contributed by atoms with E-state index in [0.29, 0.717) is 6.04 Å². The molecule has 1 aromatic heterocycles. The Hall–Kier alpha value is -1.65. The Balaban J connectivity index is 1.55. The number of nitrogens with zero attached hydrogens (tertiary/aromatic N) is 3. The van der Waals surface area contributed by atoms with Crippen molar-refractivity contribution < 1.29 is 0 Å². The van der Waals surface area contributed by atoms with Gasteiger partial charge in [-0.05, 0) is 36.6 Å². The number of nitrogens with one attached hydrogen (secondary N) is 1. The van der Waals surface area contributed by atoms with E-state index in [9.17, 15) is 0 Å². The fourth-order valence-corrected chi connectivity index (χ4v) is 2.77. The lowest BCUT2D eigenvalue weighted by atomic mass is 10.1. The number of hydrogen-bond acceptors (Lipinski definition) is 4. The highest BCUT2D eigenvalue weighted by Crippen LogP contribution is 2.16. The average molecular weight is 303 g/mol. The van der Waals surface area contributed by atoms with Gasteiger partial charge in [-0.15, -0.1) is 0 Å². The fourth-order valence-electron chi connectivity index (χ4n) is 2.64. The van der Waals surface area contributed by atoms with E-state index in [1.807, 2.05) is 18.2 Å². The van der Waals surface area contributed by atoms with Crippen molar-refractivity contribution in [1.29, 1.82) is 0 Å². The van der Waals surface area contributed by atoms with Crippen LogP contribution in [0.2, 0.25) is 5.02 Å². The molecule has 1 aromatic carbocycles. The normalized spacial score (nSPS) is 18.7. The summed E-state index contributed by atoms with van der Waals surface area (Å²) in [5.41, 5.74) is 1.26. The van der Waals surface area contributed by atoms with Gasteiger partial charge in [-0.3, -0.25) is 0 Å². The second-order valence-electron chi connectivity index (χ2n) is 5.34. The molecule has 0 aliphatic carbocycles. The van der Waals surface area contributed by atoms with Crippen LogP contribution in [0, 0.1) is 0 Å². The summed E-state index contributed by atoms with van der Waals surface area (Å²) in [4.78, 5) is 10.9. The molecule has 0 unspecified atom stereocenters. The molecule has 21 heavy (non-hydrogen) atoms. The van der Waals surface area contributed by atoms with E-state index in [1.54, 1.807) is 12.4 Å². The Morgan fingerprint density at radius 2 is 1.95 bits per heavy atom. The Bertz CT molecular complexity index is 558. The van der Waals surface area contributed by atoms with Gasteiger partial charge in [0.25, 0.3) is 0 Å². The third-order valence-corrected chi connectivity index (χ3v) is 4.02. The van der Waals surface area contributed by atoms with Crippen LogP contribution in [0.25, 0.3) is 0 Å². The van der Waals surface area contributed by atoms with E-state index < -0.39 is 0 Å². The quantitative estimate of drug-likeness (QED) is 0.943. The van der Waals surface area contributed by atoms with Crippen LogP contribution in [0.5, 0.6) is 0 Å². The minimum atomic E-state index is 0.471. The lowest BCUT2D eigenvalue weighted by molar-refractivity contribution is 0.418.